The van der Waals surface area contributed by atoms with Crippen LogP contribution >= 0.6 is 0 Å². The third-order valence-corrected chi connectivity index (χ3v) is 5.46. The highest BCUT2D eigenvalue weighted by molar-refractivity contribution is 5.95. The number of ether oxygens (including phenoxy) is 1. The van der Waals surface area contributed by atoms with Crippen molar-refractivity contribution in [3.05, 3.63) is 60.8 Å². The summed E-state index contributed by atoms with van der Waals surface area (Å²) in [6.07, 6.45) is 3.00. The first-order chi connectivity index (χ1) is 14.7. The molecule has 2 aromatic heterocycles. The van der Waals surface area contributed by atoms with Gasteiger partial charge in [-0.15, -0.1) is 0 Å². The number of pyridine rings is 1. The maximum atomic E-state index is 15.1. The van der Waals surface area contributed by atoms with Crippen molar-refractivity contribution in [2.75, 3.05) is 6.61 Å². The number of hydrogen-bond acceptors (Lipinski definition) is 6. The zero-order valence-corrected chi connectivity index (χ0v) is 17.1. The summed E-state index contributed by atoms with van der Waals surface area (Å²) < 4.78 is 23.4. The largest absolute Gasteiger partial charge is 0.494 e. The van der Waals surface area contributed by atoms with Crippen LogP contribution in [0.1, 0.15) is 36.2 Å². The van der Waals surface area contributed by atoms with Crippen LogP contribution in [0.5, 0.6) is 5.88 Å². The van der Waals surface area contributed by atoms with Gasteiger partial charge in [0.2, 0.25) is 11.3 Å². The van der Waals surface area contributed by atoms with Crippen molar-refractivity contribution in [3.8, 4) is 17.0 Å². The maximum absolute atomic E-state index is 15.1. The minimum atomic E-state index is -0.945. The first kappa shape index (κ1) is 20.6. The molecule has 0 aliphatic heterocycles. The van der Waals surface area contributed by atoms with Gasteiger partial charge in [0.05, 0.1) is 12.1 Å². The van der Waals surface area contributed by atoms with Crippen LogP contribution in [0.3, 0.4) is 0 Å². The minimum absolute atomic E-state index is 0.00569. The van der Waals surface area contributed by atoms with Crippen molar-refractivity contribution in [2.24, 2.45) is 14.1 Å². The number of aromatic nitrogens is 3. The van der Waals surface area contributed by atoms with Crippen molar-refractivity contribution >= 4 is 16.9 Å². The van der Waals surface area contributed by atoms with Gasteiger partial charge >= 0.3 is 11.7 Å². The van der Waals surface area contributed by atoms with Gasteiger partial charge in [-0.05, 0) is 31.9 Å². The second-order valence-electron chi connectivity index (χ2n) is 7.48. The highest BCUT2D eigenvalue weighted by Crippen LogP contribution is 2.38. The third-order valence-electron chi connectivity index (χ3n) is 5.46. The van der Waals surface area contributed by atoms with E-state index in [0.29, 0.717) is 5.52 Å². The van der Waals surface area contributed by atoms with Crippen LogP contribution in [0, 0.1) is 5.82 Å². The van der Waals surface area contributed by atoms with E-state index >= 15 is 4.39 Å². The summed E-state index contributed by atoms with van der Waals surface area (Å²) in [4.78, 5) is 49.8. The smallest absolute Gasteiger partial charge is 0.343 e. The Kier molecular flexibility index (Phi) is 4.79. The van der Waals surface area contributed by atoms with Crippen LogP contribution in [-0.4, -0.2) is 31.4 Å². The van der Waals surface area contributed by atoms with Crippen molar-refractivity contribution in [1.82, 2.24) is 13.7 Å². The number of esters is 1. The molecule has 0 saturated heterocycles. The van der Waals surface area contributed by atoms with Gasteiger partial charge in [0, 0.05) is 37.3 Å². The van der Waals surface area contributed by atoms with Gasteiger partial charge in [0.25, 0.3) is 5.56 Å². The fourth-order valence-corrected chi connectivity index (χ4v) is 3.64. The van der Waals surface area contributed by atoms with E-state index in [4.69, 9.17) is 4.74 Å². The Balaban J connectivity index is 2.08. The van der Waals surface area contributed by atoms with Crippen LogP contribution in [-0.2, 0) is 18.8 Å². The molecule has 1 fully saturated rings. The van der Waals surface area contributed by atoms with Crippen LogP contribution in [0.25, 0.3) is 22.0 Å². The molecule has 0 spiro atoms. The molecule has 1 aliphatic rings. The summed E-state index contributed by atoms with van der Waals surface area (Å²) in [5.74, 6) is -2.42. The van der Waals surface area contributed by atoms with E-state index in [2.05, 4.69) is 0 Å². The topological polar surface area (TPSA) is 113 Å². The number of aromatic hydroxyl groups is 1. The zero-order valence-electron chi connectivity index (χ0n) is 17.1. The number of halogens is 1. The average Bonchev–Trinajstić information content (AvgIpc) is 3.57. The Hall–Kier alpha value is -3.69. The molecule has 0 radical (unpaired) electrons. The molecule has 0 unspecified atom stereocenters. The van der Waals surface area contributed by atoms with Gasteiger partial charge in [-0.1, -0.05) is 0 Å². The van der Waals surface area contributed by atoms with E-state index in [0.717, 1.165) is 28.0 Å². The Morgan fingerprint density at radius 3 is 2.48 bits per heavy atom. The molecule has 4 rings (SSSR count). The molecule has 1 aliphatic carbocycles. The highest BCUT2D eigenvalue weighted by Gasteiger charge is 2.29. The van der Waals surface area contributed by atoms with Gasteiger partial charge in [0.1, 0.15) is 16.9 Å². The molecule has 3 aromatic rings. The Morgan fingerprint density at radius 2 is 1.87 bits per heavy atom. The molecule has 0 bridgehead atoms. The second kappa shape index (κ2) is 7.22. The maximum Gasteiger partial charge on any atom is 0.343 e. The number of nitrogens with zero attached hydrogens (tertiary/aromatic N) is 3. The lowest BCUT2D eigenvalue weighted by Gasteiger charge is -2.15. The first-order valence-corrected chi connectivity index (χ1v) is 9.72. The van der Waals surface area contributed by atoms with E-state index in [9.17, 15) is 24.3 Å². The van der Waals surface area contributed by atoms with Crippen molar-refractivity contribution < 1.29 is 19.0 Å². The number of hydrogen-bond donors (Lipinski definition) is 1. The van der Waals surface area contributed by atoms with Gasteiger partial charge in [-0.25, -0.2) is 14.0 Å². The number of carbonyl (C=O) groups is 1. The Labute approximate surface area is 174 Å². The molecule has 10 heteroatoms. The molecule has 31 heavy (non-hydrogen) atoms. The number of rotatable bonds is 4. The van der Waals surface area contributed by atoms with Gasteiger partial charge < -0.3 is 14.4 Å². The van der Waals surface area contributed by atoms with E-state index in [1.807, 2.05) is 0 Å². The molecule has 0 amide bonds. The molecule has 9 nitrogen and oxygen atoms in total. The molecule has 2 heterocycles. The van der Waals surface area contributed by atoms with Gasteiger partial charge in [0.15, 0.2) is 0 Å². The summed E-state index contributed by atoms with van der Waals surface area (Å²) in [5.41, 5.74) is -2.86. The fraction of sp³-hybridized carbons (Fsp3) is 0.333. The Morgan fingerprint density at radius 1 is 1.19 bits per heavy atom. The summed E-state index contributed by atoms with van der Waals surface area (Å²) in [5, 5.41) is 10.4. The lowest BCUT2D eigenvalue weighted by Crippen LogP contribution is -2.37. The summed E-state index contributed by atoms with van der Waals surface area (Å²) in [6, 6.07) is 2.24. The van der Waals surface area contributed by atoms with Crippen LogP contribution in [0.4, 0.5) is 4.39 Å². The van der Waals surface area contributed by atoms with Crippen LogP contribution in [0.2, 0.25) is 0 Å². The summed E-state index contributed by atoms with van der Waals surface area (Å²) in [6.45, 7) is 1.70. The average molecular weight is 429 g/mol. The summed E-state index contributed by atoms with van der Waals surface area (Å²) >= 11 is 0. The molecule has 162 valence electrons. The molecule has 1 N–H and O–H groups in total. The normalized spacial score (nSPS) is 13.5. The number of carbonyl (C=O) groups excluding carboxylic acids is 1. The first-order valence-electron chi connectivity index (χ1n) is 9.72. The second-order valence-corrected chi connectivity index (χ2v) is 7.48. The van der Waals surface area contributed by atoms with E-state index < -0.39 is 39.9 Å². The zero-order chi connectivity index (χ0) is 22.6. The lowest BCUT2D eigenvalue weighted by molar-refractivity contribution is 0.0524. The minimum Gasteiger partial charge on any atom is -0.494 e. The fourth-order valence-electron chi connectivity index (χ4n) is 3.64. The van der Waals surface area contributed by atoms with Crippen LogP contribution in [0.15, 0.2) is 32.7 Å². The molecule has 0 atom stereocenters. The molecular weight excluding hydrogens is 409 g/mol. The van der Waals surface area contributed by atoms with Crippen molar-refractivity contribution in [1.29, 1.82) is 0 Å². The third kappa shape index (κ3) is 3.15. The Bertz CT molecular complexity index is 1430. The summed E-state index contributed by atoms with van der Waals surface area (Å²) in [7, 11) is 2.48. The van der Waals surface area contributed by atoms with E-state index in [1.54, 1.807) is 11.5 Å². The SMILES string of the molecule is CCOC(=O)c1cn(C2CC2)c2cc(-c3c(O)n(C)c(=O)n(C)c3=O)c(F)cc2c1=O. The predicted octanol–water partition coefficient (Wildman–Crippen LogP) is 1.42. The molecule has 1 aromatic carbocycles. The van der Waals surface area contributed by atoms with Crippen molar-refractivity contribution in [2.45, 2.75) is 25.8 Å². The quantitative estimate of drug-likeness (QED) is 0.628. The standard InChI is InChI=1S/C21H20FN3O6/c1-4-31-20(29)13-9-25(10-5-6-10)15-8-11(14(22)7-12(15)17(13)26)16-18(27)23(2)21(30)24(3)19(16)28/h7-10,27H,4-6H2,1-3H3. The lowest BCUT2D eigenvalue weighted by atomic mass is 10.0. The number of benzene rings is 1. The van der Waals surface area contributed by atoms with Crippen LogP contribution < -0.4 is 16.7 Å². The van der Waals surface area contributed by atoms with E-state index in [1.165, 1.54) is 26.4 Å². The predicted molar refractivity (Wildman–Crippen MR) is 110 cm³/mol. The monoisotopic (exact) mass is 429 g/mol. The van der Waals surface area contributed by atoms with E-state index in [-0.39, 0.29) is 29.2 Å². The van der Waals surface area contributed by atoms with Crippen molar-refractivity contribution in [3.63, 3.8) is 0 Å². The highest BCUT2D eigenvalue weighted by atomic mass is 19.1. The molecular formula is C21H20FN3O6. The number of fused-ring (bicyclic) bond motifs is 1. The molecule has 1 saturated carbocycles. The van der Waals surface area contributed by atoms with Gasteiger partial charge in [-0.2, -0.15) is 0 Å². The van der Waals surface area contributed by atoms with Gasteiger partial charge in [-0.3, -0.25) is 18.7 Å².